The summed E-state index contributed by atoms with van der Waals surface area (Å²) in [7, 11) is 0. The number of ether oxygens (including phenoxy) is 6. The summed E-state index contributed by atoms with van der Waals surface area (Å²) in [5, 5.41) is 27.8. The first-order valence-electron chi connectivity index (χ1n) is 24.2. The Kier molecular flexibility index (Phi) is 16.9. The van der Waals surface area contributed by atoms with E-state index >= 15 is 4.39 Å². The van der Waals surface area contributed by atoms with E-state index in [2.05, 4.69) is 10.6 Å². The van der Waals surface area contributed by atoms with E-state index in [9.17, 15) is 39.0 Å². The van der Waals surface area contributed by atoms with Crippen molar-refractivity contribution in [1.82, 2.24) is 10.2 Å². The van der Waals surface area contributed by atoms with Crippen molar-refractivity contribution in [3.8, 4) is 0 Å². The van der Waals surface area contributed by atoms with E-state index in [0.29, 0.717) is 69.4 Å². The molecular formula is C52H62FN3O14S. The van der Waals surface area contributed by atoms with Gasteiger partial charge in [-0.3, -0.25) is 33.7 Å². The van der Waals surface area contributed by atoms with Gasteiger partial charge in [0, 0.05) is 69.5 Å². The van der Waals surface area contributed by atoms with Crippen molar-refractivity contribution in [2.24, 2.45) is 28.6 Å². The monoisotopic (exact) mass is 1000 g/mol. The zero-order valence-electron chi connectivity index (χ0n) is 39.9. The Morgan fingerprint density at radius 3 is 2.21 bits per heavy atom. The SMILES string of the molecule is C[C@]12C=CC(=O)C=C1[C@@H](F)C[C@@H]1C2[C@@H](O)C[C@@]2(C)[C@H]1C[C@H]1O[C@@H](c3ccc(Sc4cccc(NC(=O)CCOCCOCCOCCOCCNC(=O)CCN5C(=O)C=CC5=O)c4)cc3)O[C@]12C(=O)CO. The highest BCUT2D eigenvalue weighted by atomic mass is 32.2. The number of aliphatic hydroxyl groups is 2. The number of carbonyl (C=O) groups excluding carboxylic acids is 6. The lowest BCUT2D eigenvalue weighted by Gasteiger charge is -2.60. The van der Waals surface area contributed by atoms with Crippen LogP contribution in [0.5, 0.6) is 0 Å². The van der Waals surface area contributed by atoms with Crippen LogP contribution in [0.2, 0.25) is 0 Å². The smallest absolute Gasteiger partial charge is 0.253 e. The minimum absolute atomic E-state index is 0.0216. The van der Waals surface area contributed by atoms with Gasteiger partial charge in [-0.1, -0.05) is 49.9 Å². The van der Waals surface area contributed by atoms with Crippen LogP contribution in [0.4, 0.5) is 10.1 Å². The Morgan fingerprint density at radius 1 is 0.845 bits per heavy atom. The first-order chi connectivity index (χ1) is 34.2. The summed E-state index contributed by atoms with van der Waals surface area (Å²) in [5.74, 6) is -3.05. The number of halogens is 1. The third-order valence-electron chi connectivity index (χ3n) is 14.9. The maximum Gasteiger partial charge on any atom is 0.253 e. The molecule has 6 aliphatic rings. The maximum atomic E-state index is 16.0. The number of rotatable bonds is 24. The topological polar surface area (TPSA) is 226 Å². The van der Waals surface area contributed by atoms with Gasteiger partial charge in [0.25, 0.3) is 11.8 Å². The predicted octanol–water partition coefficient (Wildman–Crippen LogP) is 4.21. The minimum Gasteiger partial charge on any atom is -0.393 e. The number of alkyl halides is 1. The molecule has 4 aliphatic carbocycles. The van der Waals surface area contributed by atoms with Gasteiger partial charge in [0.2, 0.25) is 11.8 Å². The van der Waals surface area contributed by atoms with Crippen molar-refractivity contribution in [2.45, 2.75) is 86.0 Å². The van der Waals surface area contributed by atoms with E-state index in [4.69, 9.17) is 28.4 Å². The second-order valence-electron chi connectivity index (χ2n) is 19.1. The van der Waals surface area contributed by atoms with Crippen LogP contribution in [0.1, 0.15) is 57.8 Å². The van der Waals surface area contributed by atoms with Crippen LogP contribution in [0, 0.1) is 28.6 Å². The molecule has 10 atom stereocenters. The maximum absolute atomic E-state index is 16.0. The molecule has 1 unspecified atom stereocenters. The molecule has 2 aliphatic heterocycles. The molecule has 17 nitrogen and oxygen atoms in total. The van der Waals surface area contributed by atoms with Gasteiger partial charge >= 0.3 is 0 Å². The van der Waals surface area contributed by atoms with Gasteiger partial charge in [0.15, 0.2) is 23.5 Å². The Morgan fingerprint density at radius 2 is 1.52 bits per heavy atom. The number of hydrogen-bond acceptors (Lipinski definition) is 15. The van der Waals surface area contributed by atoms with E-state index in [0.717, 1.165) is 14.7 Å². The summed E-state index contributed by atoms with van der Waals surface area (Å²) in [5.41, 5.74) is -1.68. The summed E-state index contributed by atoms with van der Waals surface area (Å²) in [6.45, 7) is 5.89. The molecule has 4 fully saturated rings. The van der Waals surface area contributed by atoms with Crippen LogP contribution in [0.3, 0.4) is 0 Å². The lowest BCUT2D eigenvalue weighted by Crippen LogP contribution is -2.64. The Hall–Kier alpha value is -4.96. The second-order valence-corrected chi connectivity index (χ2v) is 20.3. The fourth-order valence-corrected chi connectivity index (χ4v) is 12.6. The molecule has 2 heterocycles. The van der Waals surface area contributed by atoms with Crippen LogP contribution in [-0.2, 0) is 57.2 Å². The van der Waals surface area contributed by atoms with Crippen LogP contribution >= 0.6 is 11.8 Å². The standard InChI is InChI=1S/C52H62FN3O14S/c1-50-15-12-34(58)27-39(50)40(53)28-37-38-29-43-52(42(60)31-57,51(38,2)30-41(59)48(37)50)70-49(69-43)32-6-8-35(9-7-32)71-36-5-3-4-33(26-36)55-45(62)14-18-65-20-22-67-24-25-68-23-21-66-19-16-54-44(61)13-17-56-46(63)10-11-47(56)64/h3-12,15,26-27,37-38,40-41,43,48-49,57,59H,13-14,16-25,28-31H2,1-2H3,(H,54,61)(H,55,62)/t37-,38-,40-,41-,43+,48?,49+,50-,51-,52+/m0/s1. The third kappa shape index (κ3) is 11.2. The van der Waals surface area contributed by atoms with Gasteiger partial charge in [0.1, 0.15) is 12.8 Å². The number of nitrogens with zero attached hydrogens (tertiary/aromatic N) is 1. The number of Topliss-reactive ketones (excluding diaryl/α,β-unsaturated/α-hetero) is 1. The molecule has 2 aromatic rings. The molecule has 0 radical (unpaired) electrons. The van der Waals surface area contributed by atoms with E-state index in [1.807, 2.05) is 56.3 Å². The number of ketones is 2. The first kappa shape index (κ1) is 52.4. The van der Waals surface area contributed by atoms with Crippen molar-refractivity contribution in [3.63, 3.8) is 0 Å². The number of benzene rings is 2. The molecule has 8 rings (SSSR count). The average Bonchev–Trinajstić information content (AvgIpc) is 3.97. The van der Waals surface area contributed by atoms with E-state index < -0.39 is 65.3 Å². The molecule has 19 heteroatoms. The molecular weight excluding hydrogens is 942 g/mol. The Bertz CT molecular complexity index is 2400. The average molecular weight is 1000 g/mol. The van der Waals surface area contributed by atoms with Crippen LogP contribution in [-0.4, -0.2) is 147 Å². The highest BCUT2D eigenvalue weighted by Gasteiger charge is 2.76. The summed E-state index contributed by atoms with van der Waals surface area (Å²) in [6, 6.07) is 15.0. The number of carbonyl (C=O) groups is 6. The summed E-state index contributed by atoms with van der Waals surface area (Å²) < 4.78 is 51.2. The molecule has 0 spiro atoms. The first-order valence-corrected chi connectivity index (χ1v) is 25.0. The second kappa shape index (κ2) is 22.9. The largest absolute Gasteiger partial charge is 0.393 e. The molecule has 71 heavy (non-hydrogen) atoms. The minimum atomic E-state index is -1.56. The third-order valence-corrected chi connectivity index (χ3v) is 15.9. The summed E-state index contributed by atoms with van der Waals surface area (Å²) in [4.78, 5) is 76.7. The van der Waals surface area contributed by atoms with Gasteiger partial charge in [-0.2, -0.15) is 0 Å². The van der Waals surface area contributed by atoms with Crippen LogP contribution in [0.15, 0.2) is 94.3 Å². The molecule has 0 aromatic heterocycles. The number of allylic oxidation sites excluding steroid dienone is 4. The highest BCUT2D eigenvalue weighted by molar-refractivity contribution is 7.99. The number of anilines is 1. The number of hydrogen-bond donors (Lipinski definition) is 4. The number of aliphatic hydroxyl groups excluding tert-OH is 2. The molecule has 3 saturated carbocycles. The number of fused-ring (bicyclic) bond motifs is 7. The van der Waals surface area contributed by atoms with E-state index in [-0.39, 0.29) is 80.8 Å². The van der Waals surface area contributed by atoms with Gasteiger partial charge in [-0.05, 0) is 79.2 Å². The van der Waals surface area contributed by atoms with Gasteiger partial charge in [-0.15, -0.1) is 0 Å². The number of imide groups is 1. The normalized spacial score (nSPS) is 30.4. The number of nitrogens with one attached hydrogen (secondary N) is 2. The van der Waals surface area contributed by atoms with Crippen molar-refractivity contribution >= 4 is 52.6 Å². The lowest BCUT2D eigenvalue weighted by atomic mass is 9.46. The fraction of sp³-hybridized carbons (Fsp3) is 0.538. The van der Waals surface area contributed by atoms with E-state index in [1.54, 1.807) is 12.1 Å². The predicted molar refractivity (Wildman–Crippen MR) is 254 cm³/mol. The van der Waals surface area contributed by atoms with Gasteiger partial charge in [0.05, 0.1) is 71.5 Å². The van der Waals surface area contributed by atoms with E-state index in [1.165, 1.54) is 36.1 Å². The Balaban J connectivity index is 0.714. The molecule has 0 bridgehead atoms. The Labute approximate surface area is 415 Å². The van der Waals surface area contributed by atoms with Crippen molar-refractivity contribution < 1.29 is 71.8 Å². The number of amides is 4. The molecule has 382 valence electrons. The lowest BCUT2D eigenvalue weighted by molar-refractivity contribution is -0.203. The van der Waals surface area contributed by atoms with Crippen LogP contribution in [0.25, 0.3) is 0 Å². The van der Waals surface area contributed by atoms with Crippen molar-refractivity contribution in [2.75, 3.05) is 77.9 Å². The van der Waals surface area contributed by atoms with Crippen molar-refractivity contribution in [1.29, 1.82) is 0 Å². The molecule has 4 amide bonds. The fourth-order valence-electron chi connectivity index (χ4n) is 11.7. The van der Waals surface area contributed by atoms with Gasteiger partial charge in [-0.25, -0.2) is 4.39 Å². The zero-order valence-corrected chi connectivity index (χ0v) is 40.7. The van der Waals surface area contributed by atoms with Crippen LogP contribution < -0.4 is 10.6 Å². The highest BCUT2D eigenvalue weighted by Crippen LogP contribution is 2.70. The van der Waals surface area contributed by atoms with Gasteiger partial charge < -0.3 is 49.3 Å². The quantitative estimate of drug-likeness (QED) is 0.0854. The van der Waals surface area contributed by atoms with Crippen molar-refractivity contribution in [3.05, 3.63) is 90.0 Å². The molecule has 1 saturated heterocycles. The molecule has 4 N–H and O–H groups in total. The zero-order chi connectivity index (χ0) is 50.3. The summed E-state index contributed by atoms with van der Waals surface area (Å²) in [6.07, 6.45) is 3.82. The molecule has 2 aromatic carbocycles. The summed E-state index contributed by atoms with van der Waals surface area (Å²) >= 11 is 1.49.